The number of rotatable bonds is 3. The second kappa shape index (κ2) is 7.50. The number of likely N-dealkylation sites (tertiary alicyclic amines) is 1. The van der Waals surface area contributed by atoms with Gasteiger partial charge < -0.3 is 14.1 Å². The van der Waals surface area contributed by atoms with Crippen molar-refractivity contribution in [1.82, 2.24) is 9.80 Å². The van der Waals surface area contributed by atoms with Gasteiger partial charge in [0.2, 0.25) is 5.91 Å². The average molecular weight is 350 g/mol. The lowest BCUT2D eigenvalue weighted by Crippen LogP contribution is -2.38. The molecule has 0 N–H and O–H groups in total. The molecular weight excluding hydrogens is 324 g/mol. The number of nitrogens with zero attached hydrogens (tertiary/aromatic N) is 2. The molecule has 132 valence electrons. The third-order valence-corrected chi connectivity index (χ3v) is 6.53. The Kier molecular flexibility index (Phi) is 5.15. The number of thioether (sulfide) groups is 1. The van der Waals surface area contributed by atoms with E-state index in [4.69, 9.17) is 9.15 Å². The molecule has 0 saturated carbocycles. The summed E-state index contributed by atoms with van der Waals surface area (Å²) in [5, 5.41) is 0. The van der Waals surface area contributed by atoms with Gasteiger partial charge in [-0.3, -0.25) is 9.69 Å². The van der Waals surface area contributed by atoms with E-state index in [1.54, 1.807) is 6.26 Å². The van der Waals surface area contributed by atoms with Crippen LogP contribution in [0, 0.1) is 11.8 Å². The maximum Gasteiger partial charge on any atom is 0.225 e. The van der Waals surface area contributed by atoms with Crippen molar-refractivity contribution in [3.8, 4) is 0 Å². The fourth-order valence-electron chi connectivity index (χ4n) is 4.13. The number of hydrogen-bond acceptors (Lipinski definition) is 5. The molecule has 5 nitrogen and oxygen atoms in total. The van der Waals surface area contributed by atoms with E-state index in [1.165, 1.54) is 5.56 Å². The van der Waals surface area contributed by atoms with Gasteiger partial charge in [-0.25, -0.2) is 0 Å². The van der Waals surface area contributed by atoms with Gasteiger partial charge in [-0.15, -0.1) is 0 Å². The minimum atomic E-state index is 0.210. The van der Waals surface area contributed by atoms with E-state index >= 15 is 0 Å². The SMILES string of the molecule is O=C(C1CCSCC1)N1C[C@H]2CN(Cc3ccoc3)CCO[C@H]2C1. The fraction of sp³-hybridized carbons (Fsp3) is 0.722. The zero-order valence-corrected chi connectivity index (χ0v) is 14.9. The van der Waals surface area contributed by atoms with Crippen molar-refractivity contribution < 1.29 is 13.9 Å². The van der Waals surface area contributed by atoms with Crippen molar-refractivity contribution in [2.24, 2.45) is 11.8 Å². The minimum absolute atomic E-state index is 0.210. The highest BCUT2D eigenvalue weighted by atomic mass is 32.2. The Bertz CT molecular complexity index is 544. The van der Waals surface area contributed by atoms with Crippen molar-refractivity contribution in [3.63, 3.8) is 0 Å². The molecule has 0 aromatic carbocycles. The van der Waals surface area contributed by atoms with Gasteiger partial charge in [-0.05, 0) is 30.4 Å². The molecule has 0 aliphatic carbocycles. The van der Waals surface area contributed by atoms with E-state index in [0.29, 0.717) is 11.8 Å². The van der Waals surface area contributed by atoms with Crippen molar-refractivity contribution in [3.05, 3.63) is 24.2 Å². The molecule has 1 amide bonds. The van der Waals surface area contributed by atoms with Crippen LogP contribution in [0.15, 0.2) is 23.0 Å². The maximum absolute atomic E-state index is 12.8. The Hall–Kier alpha value is -0.980. The first-order chi connectivity index (χ1) is 11.8. The molecule has 0 radical (unpaired) electrons. The summed E-state index contributed by atoms with van der Waals surface area (Å²) in [5.74, 6) is 3.31. The molecule has 4 heterocycles. The van der Waals surface area contributed by atoms with Crippen LogP contribution in [0.2, 0.25) is 0 Å². The lowest BCUT2D eigenvalue weighted by molar-refractivity contribution is -0.135. The Morgan fingerprint density at radius 1 is 1.25 bits per heavy atom. The van der Waals surface area contributed by atoms with Crippen LogP contribution >= 0.6 is 11.8 Å². The smallest absolute Gasteiger partial charge is 0.225 e. The Balaban J connectivity index is 1.36. The molecule has 0 unspecified atom stereocenters. The zero-order valence-electron chi connectivity index (χ0n) is 14.1. The average Bonchev–Trinajstić information content (AvgIpc) is 3.22. The molecule has 0 spiro atoms. The van der Waals surface area contributed by atoms with Crippen molar-refractivity contribution >= 4 is 17.7 Å². The molecule has 3 fully saturated rings. The van der Waals surface area contributed by atoms with Crippen LogP contribution < -0.4 is 0 Å². The van der Waals surface area contributed by atoms with Gasteiger partial charge in [0.05, 0.1) is 25.2 Å². The van der Waals surface area contributed by atoms with Crippen LogP contribution in [0.1, 0.15) is 18.4 Å². The first-order valence-electron chi connectivity index (χ1n) is 9.01. The quantitative estimate of drug-likeness (QED) is 0.835. The van der Waals surface area contributed by atoms with Crippen LogP contribution in [0.5, 0.6) is 0 Å². The number of ether oxygens (including phenoxy) is 1. The summed E-state index contributed by atoms with van der Waals surface area (Å²) in [7, 11) is 0. The Labute approximate surface area is 147 Å². The van der Waals surface area contributed by atoms with Gasteiger partial charge in [0.1, 0.15) is 0 Å². The van der Waals surface area contributed by atoms with E-state index in [0.717, 1.165) is 63.7 Å². The van der Waals surface area contributed by atoms with Crippen molar-refractivity contribution in [2.45, 2.75) is 25.5 Å². The second-order valence-corrected chi connectivity index (χ2v) is 8.39. The Morgan fingerprint density at radius 3 is 2.92 bits per heavy atom. The number of hydrogen-bond donors (Lipinski definition) is 0. The van der Waals surface area contributed by atoms with Gasteiger partial charge in [0, 0.05) is 50.1 Å². The van der Waals surface area contributed by atoms with E-state index in [9.17, 15) is 4.79 Å². The predicted octanol–water partition coefficient (Wildman–Crippen LogP) is 2.08. The van der Waals surface area contributed by atoms with Crippen LogP contribution in [0.4, 0.5) is 0 Å². The summed E-state index contributed by atoms with van der Waals surface area (Å²) < 4.78 is 11.3. The summed E-state index contributed by atoms with van der Waals surface area (Å²) in [6.45, 7) is 5.24. The largest absolute Gasteiger partial charge is 0.472 e. The molecule has 1 aromatic heterocycles. The molecule has 3 saturated heterocycles. The second-order valence-electron chi connectivity index (χ2n) is 7.17. The highest BCUT2D eigenvalue weighted by molar-refractivity contribution is 7.99. The van der Waals surface area contributed by atoms with Gasteiger partial charge >= 0.3 is 0 Å². The van der Waals surface area contributed by atoms with Gasteiger partial charge in [0.15, 0.2) is 0 Å². The molecule has 4 rings (SSSR count). The van der Waals surface area contributed by atoms with E-state index in [-0.39, 0.29) is 12.0 Å². The summed E-state index contributed by atoms with van der Waals surface area (Å²) >= 11 is 1.97. The van der Waals surface area contributed by atoms with E-state index < -0.39 is 0 Å². The Morgan fingerprint density at radius 2 is 2.12 bits per heavy atom. The molecule has 3 aliphatic rings. The highest BCUT2D eigenvalue weighted by Crippen LogP contribution is 2.29. The van der Waals surface area contributed by atoms with Crippen LogP contribution in [-0.2, 0) is 16.1 Å². The standard InChI is InChI=1S/C18H26N2O3S/c21-18(15-2-7-24-8-3-15)20-11-16-10-19(4-6-23-17(16)12-20)9-14-1-5-22-13-14/h1,5,13,15-17H,2-4,6-12H2/t16-,17+/m1/s1. The zero-order chi connectivity index (χ0) is 16.4. The molecule has 2 atom stereocenters. The van der Waals surface area contributed by atoms with Gasteiger partial charge in [-0.2, -0.15) is 11.8 Å². The molecule has 3 aliphatic heterocycles. The van der Waals surface area contributed by atoms with Crippen LogP contribution in [-0.4, -0.2) is 66.1 Å². The molecule has 6 heteroatoms. The first kappa shape index (κ1) is 16.5. The highest BCUT2D eigenvalue weighted by Gasteiger charge is 2.40. The van der Waals surface area contributed by atoms with Crippen LogP contribution in [0.3, 0.4) is 0 Å². The summed E-state index contributed by atoms with van der Waals surface area (Å²) in [5.41, 5.74) is 1.21. The third kappa shape index (κ3) is 3.65. The number of carbonyl (C=O) groups excluding carboxylic acids is 1. The van der Waals surface area contributed by atoms with E-state index in [1.807, 2.05) is 24.1 Å². The molecular formula is C18H26N2O3S. The lowest BCUT2D eigenvalue weighted by atomic mass is 10.0. The predicted molar refractivity (Wildman–Crippen MR) is 93.8 cm³/mol. The summed E-state index contributed by atoms with van der Waals surface area (Å²) in [4.78, 5) is 17.3. The maximum atomic E-state index is 12.8. The lowest BCUT2D eigenvalue weighted by Gasteiger charge is -2.27. The topological polar surface area (TPSA) is 45.9 Å². The normalized spacial score (nSPS) is 29.4. The van der Waals surface area contributed by atoms with Crippen molar-refractivity contribution in [1.29, 1.82) is 0 Å². The van der Waals surface area contributed by atoms with E-state index in [2.05, 4.69) is 9.80 Å². The third-order valence-electron chi connectivity index (χ3n) is 5.48. The summed E-state index contributed by atoms with van der Waals surface area (Å²) in [6, 6.07) is 2.02. The monoisotopic (exact) mass is 350 g/mol. The fourth-order valence-corrected chi connectivity index (χ4v) is 5.24. The van der Waals surface area contributed by atoms with Gasteiger partial charge in [0.25, 0.3) is 0 Å². The minimum Gasteiger partial charge on any atom is -0.472 e. The molecule has 24 heavy (non-hydrogen) atoms. The number of carbonyl (C=O) groups is 1. The number of furan rings is 1. The van der Waals surface area contributed by atoms with Gasteiger partial charge in [-0.1, -0.05) is 0 Å². The summed E-state index contributed by atoms with van der Waals surface area (Å²) in [6.07, 6.45) is 5.84. The number of amides is 1. The molecule has 0 bridgehead atoms. The van der Waals surface area contributed by atoms with Crippen molar-refractivity contribution in [2.75, 3.05) is 44.3 Å². The molecule has 1 aromatic rings. The first-order valence-corrected chi connectivity index (χ1v) is 10.2. The van der Waals surface area contributed by atoms with Crippen LogP contribution in [0.25, 0.3) is 0 Å². The number of fused-ring (bicyclic) bond motifs is 1.